The SMILES string of the molecule is c1ccc(OC2CCC(C3CC[N]CC3)C2)cc1. The first-order valence-corrected chi connectivity index (χ1v) is 7.27. The maximum atomic E-state index is 6.07. The zero-order valence-corrected chi connectivity index (χ0v) is 10.9. The van der Waals surface area contributed by atoms with E-state index in [1.165, 1.54) is 32.1 Å². The molecule has 1 aliphatic carbocycles. The Morgan fingerprint density at radius 1 is 0.889 bits per heavy atom. The molecular formula is C16H22NO. The Bertz CT molecular complexity index is 359. The van der Waals surface area contributed by atoms with Gasteiger partial charge < -0.3 is 4.74 Å². The minimum Gasteiger partial charge on any atom is -0.490 e. The molecule has 97 valence electrons. The molecule has 1 aliphatic heterocycles. The third kappa shape index (κ3) is 2.86. The Kier molecular flexibility index (Phi) is 3.84. The molecule has 18 heavy (non-hydrogen) atoms. The second-order valence-corrected chi connectivity index (χ2v) is 5.63. The number of benzene rings is 1. The van der Waals surface area contributed by atoms with Crippen LogP contribution in [0.25, 0.3) is 0 Å². The molecule has 2 fully saturated rings. The first-order chi connectivity index (χ1) is 8.92. The lowest BCUT2D eigenvalue weighted by Gasteiger charge is -2.27. The van der Waals surface area contributed by atoms with Gasteiger partial charge in [-0.25, -0.2) is 5.32 Å². The zero-order chi connectivity index (χ0) is 12.2. The Labute approximate surface area is 110 Å². The highest BCUT2D eigenvalue weighted by molar-refractivity contribution is 5.21. The van der Waals surface area contributed by atoms with Gasteiger partial charge in [-0.2, -0.15) is 0 Å². The maximum absolute atomic E-state index is 6.07. The number of hydrogen-bond donors (Lipinski definition) is 0. The molecule has 1 saturated heterocycles. The fraction of sp³-hybridized carbons (Fsp3) is 0.625. The van der Waals surface area contributed by atoms with Crippen LogP contribution in [0.2, 0.25) is 0 Å². The fourth-order valence-corrected chi connectivity index (χ4v) is 3.44. The molecule has 1 heterocycles. The van der Waals surface area contributed by atoms with E-state index in [1.807, 2.05) is 18.2 Å². The van der Waals surface area contributed by atoms with Gasteiger partial charge in [0.25, 0.3) is 0 Å². The molecule has 0 amide bonds. The second-order valence-electron chi connectivity index (χ2n) is 5.63. The minimum atomic E-state index is 0.441. The van der Waals surface area contributed by atoms with Gasteiger partial charge in [0.15, 0.2) is 0 Å². The third-order valence-corrected chi connectivity index (χ3v) is 4.45. The van der Waals surface area contributed by atoms with Gasteiger partial charge in [-0.05, 0) is 56.1 Å². The largest absolute Gasteiger partial charge is 0.490 e. The van der Waals surface area contributed by atoms with Gasteiger partial charge in [-0.3, -0.25) is 0 Å². The molecule has 0 spiro atoms. The van der Waals surface area contributed by atoms with Crippen LogP contribution in [0.5, 0.6) is 5.75 Å². The number of ether oxygens (including phenoxy) is 1. The molecule has 1 aromatic rings. The fourth-order valence-electron chi connectivity index (χ4n) is 3.44. The van der Waals surface area contributed by atoms with E-state index >= 15 is 0 Å². The van der Waals surface area contributed by atoms with Gasteiger partial charge in [-0.1, -0.05) is 18.2 Å². The molecule has 2 atom stereocenters. The van der Waals surface area contributed by atoms with Crippen LogP contribution >= 0.6 is 0 Å². The van der Waals surface area contributed by atoms with Crippen molar-refractivity contribution in [3.63, 3.8) is 0 Å². The van der Waals surface area contributed by atoms with Gasteiger partial charge in [0.2, 0.25) is 0 Å². The van der Waals surface area contributed by atoms with E-state index < -0.39 is 0 Å². The van der Waals surface area contributed by atoms with E-state index in [-0.39, 0.29) is 0 Å². The van der Waals surface area contributed by atoms with Crippen LogP contribution in [0, 0.1) is 11.8 Å². The van der Waals surface area contributed by atoms with E-state index in [0.29, 0.717) is 6.10 Å². The Morgan fingerprint density at radius 3 is 2.44 bits per heavy atom. The lowest BCUT2D eigenvalue weighted by atomic mass is 9.84. The van der Waals surface area contributed by atoms with Gasteiger partial charge >= 0.3 is 0 Å². The highest BCUT2D eigenvalue weighted by Crippen LogP contribution is 2.37. The summed E-state index contributed by atoms with van der Waals surface area (Å²) in [5.74, 6) is 2.82. The molecule has 2 unspecified atom stereocenters. The Morgan fingerprint density at radius 2 is 1.67 bits per heavy atom. The highest BCUT2D eigenvalue weighted by Gasteiger charge is 2.32. The summed E-state index contributed by atoms with van der Waals surface area (Å²) in [6.07, 6.45) is 6.89. The van der Waals surface area contributed by atoms with Crippen LogP contribution in [0.3, 0.4) is 0 Å². The monoisotopic (exact) mass is 244 g/mol. The highest BCUT2D eigenvalue weighted by atomic mass is 16.5. The molecule has 1 saturated carbocycles. The predicted molar refractivity (Wildman–Crippen MR) is 72.8 cm³/mol. The maximum Gasteiger partial charge on any atom is 0.119 e. The van der Waals surface area contributed by atoms with Gasteiger partial charge in [0, 0.05) is 13.1 Å². The molecule has 2 nitrogen and oxygen atoms in total. The summed E-state index contributed by atoms with van der Waals surface area (Å²) in [6, 6.07) is 10.3. The normalized spacial score (nSPS) is 29.3. The molecule has 0 bridgehead atoms. The average molecular weight is 244 g/mol. The zero-order valence-electron chi connectivity index (χ0n) is 10.9. The summed E-state index contributed by atoms with van der Waals surface area (Å²) in [7, 11) is 0. The van der Waals surface area contributed by atoms with Crippen molar-refractivity contribution in [3.05, 3.63) is 30.3 Å². The minimum absolute atomic E-state index is 0.441. The van der Waals surface area contributed by atoms with Crippen LogP contribution in [0.4, 0.5) is 0 Å². The van der Waals surface area contributed by atoms with Gasteiger partial charge in [0.05, 0.1) is 6.10 Å². The van der Waals surface area contributed by atoms with E-state index in [2.05, 4.69) is 17.4 Å². The van der Waals surface area contributed by atoms with Crippen LogP contribution < -0.4 is 10.1 Å². The number of para-hydroxylation sites is 1. The predicted octanol–water partition coefficient (Wildman–Crippen LogP) is 3.25. The Balaban J connectivity index is 1.52. The topological polar surface area (TPSA) is 23.3 Å². The molecule has 3 rings (SSSR count). The summed E-state index contributed by atoms with van der Waals surface area (Å²) in [5, 5.41) is 4.45. The second kappa shape index (κ2) is 5.75. The average Bonchev–Trinajstić information content (AvgIpc) is 2.89. The van der Waals surface area contributed by atoms with Crippen molar-refractivity contribution in [1.82, 2.24) is 5.32 Å². The molecule has 0 aromatic heterocycles. The first-order valence-electron chi connectivity index (χ1n) is 7.27. The van der Waals surface area contributed by atoms with Gasteiger partial charge in [-0.15, -0.1) is 0 Å². The lowest BCUT2D eigenvalue weighted by molar-refractivity contribution is 0.187. The summed E-state index contributed by atoms with van der Waals surface area (Å²) < 4.78 is 6.07. The van der Waals surface area contributed by atoms with Crippen LogP contribution in [-0.2, 0) is 0 Å². The quantitative estimate of drug-likeness (QED) is 0.800. The van der Waals surface area contributed by atoms with Crippen LogP contribution in [0.1, 0.15) is 32.1 Å². The molecular weight excluding hydrogens is 222 g/mol. The molecule has 2 heteroatoms. The standard InChI is InChI=1S/C16H22NO/c1-2-4-15(5-3-1)18-16-7-6-14(12-16)13-8-10-17-11-9-13/h1-5,13-14,16H,6-12H2. The molecule has 2 aliphatic rings. The van der Waals surface area contributed by atoms with Crippen molar-refractivity contribution in [2.45, 2.75) is 38.2 Å². The summed E-state index contributed by atoms with van der Waals surface area (Å²) in [4.78, 5) is 0. The van der Waals surface area contributed by atoms with Crippen LogP contribution in [-0.4, -0.2) is 19.2 Å². The van der Waals surface area contributed by atoms with E-state index in [0.717, 1.165) is 30.7 Å². The molecule has 1 radical (unpaired) electrons. The molecule has 0 N–H and O–H groups in total. The Hall–Kier alpha value is -1.02. The van der Waals surface area contributed by atoms with Crippen molar-refractivity contribution in [2.24, 2.45) is 11.8 Å². The van der Waals surface area contributed by atoms with Crippen molar-refractivity contribution in [3.8, 4) is 5.75 Å². The van der Waals surface area contributed by atoms with E-state index in [9.17, 15) is 0 Å². The van der Waals surface area contributed by atoms with E-state index in [1.54, 1.807) is 0 Å². The molecule has 1 aromatic carbocycles. The smallest absolute Gasteiger partial charge is 0.119 e. The number of rotatable bonds is 3. The lowest BCUT2D eigenvalue weighted by Crippen LogP contribution is -2.27. The van der Waals surface area contributed by atoms with Crippen molar-refractivity contribution in [1.29, 1.82) is 0 Å². The first kappa shape index (κ1) is 12.0. The third-order valence-electron chi connectivity index (χ3n) is 4.45. The summed E-state index contributed by atoms with van der Waals surface area (Å²) >= 11 is 0. The number of hydrogen-bond acceptors (Lipinski definition) is 1. The van der Waals surface area contributed by atoms with Crippen molar-refractivity contribution < 1.29 is 4.74 Å². The number of piperidine rings is 1. The summed E-state index contributed by atoms with van der Waals surface area (Å²) in [6.45, 7) is 2.18. The van der Waals surface area contributed by atoms with E-state index in [4.69, 9.17) is 4.74 Å². The van der Waals surface area contributed by atoms with Crippen molar-refractivity contribution in [2.75, 3.05) is 13.1 Å². The van der Waals surface area contributed by atoms with Crippen molar-refractivity contribution >= 4 is 0 Å². The summed E-state index contributed by atoms with van der Waals surface area (Å²) in [5.41, 5.74) is 0. The van der Waals surface area contributed by atoms with Gasteiger partial charge in [0.1, 0.15) is 5.75 Å². The number of nitrogens with zero attached hydrogens (tertiary/aromatic N) is 1. The van der Waals surface area contributed by atoms with Crippen LogP contribution in [0.15, 0.2) is 30.3 Å².